The number of hydrogen-bond donors (Lipinski definition) is 0. The molecule has 0 unspecified atom stereocenters. The van der Waals surface area contributed by atoms with E-state index in [4.69, 9.17) is 24.7 Å². The van der Waals surface area contributed by atoms with E-state index < -0.39 is 0 Å². The van der Waals surface area contributed by atoms with Gasteiger partial charge in [-0.05, 0) is 24.3 Å². The van der Waals surface area contributed by atoms with Gasteiger partial charge in [-0.3, -0.25) is 0 Å². The maximum Gasteiger partial charge on any atom is 0.231 e. The van der Waals surface area contributed by atoms with Crippen LogP contribution in [0.15, 0.2) is 54.2 Å². The number of ether oxygens (including phenoxy) is 3. The van der Waals surface area contributed by atoms with Gasteiger partial charge in [-0.15, -0.1) is 0 Å². The van der Waals surface area contributed by atoms with E-state index in [1.54, 1.807) is 6.08 Å². The smallest absolute Gasteiger partial charge is 0.231 e. The van der Waals surface area contributed by atoms with E-state index in [1.165, 1.54) is 0 Å². The molecule has 0 aliphatic carbocycles. The van der Waals surface area contributed by atoms with Crippen molar-refractivity contribution in [2.75, 3.05) is 13.4 Å². The van der Waals surface area contributed by atoms with Gasteiger partial charge in [0, 0.05) is 28.7 Å². The highest BCUT2D eigenvalue weighted by Gasteiger charge is 2.14. The fraction of sp³-hybridized carbons (Fsp3) is 0.143. The van der Waals surface area contributed by atoms with Gasteiger partial charge in [0.15, 0.2) is 11.5 Å². The number of allylic oxidation sites excluding steroid dienone is 1. The molecule has 0 saturated carbocycles. The van der Waals surface area contributed by atoms with Crippen LogP contribution in [-0.2, 0) is 6.54 Å². The molecular formula is C21H15N3O3. The molecule has 0 amide bonds. The average molecular weight is 357 g/mol. The molecule has 27 heavy (non-hydrogen) atoms. The van der Waals surface area contributed by atoms with E-state index in [0.29, 0.717) is 24.7 Å². The van der Waals surface area contributed by atoms with Crippen LogP contribution in [0.4, 0.5) is 0 Å². The number of aromatic nitrogens is 1. The first-order valence-electron chi connectivity index (χ1n) is 8.41. The highest BCUT2D eigenvalue weighted by molar-refractivity contribution is 5.90. The number of para-hydroxylation sites is 1. The third-order valence-corrected chi connectivity index (χ3v) is 4.31. The summed E-state index contributed by atoms with van der Waals surface area (Å²) < 4.78 is 18.5. The fourth-order valence-corrected chi connectivity index (χ4v) is 3.05. The Morgan fingerprint density at radius 2 is 1.93 bits per heavy atom. The number of rotatable bonds is 5. The molecule has 1 aliphatic heterocycles. The van der Waals surface area contributed by atoms with Crippen molar-refractivity contribution < 1.29 is 14.2 Å². The number of nitriles is 2. The van der Waals surface area contributed by atoms with Gasteiger partial charge in [-0.2, -0.15) is 10.5 Å². The van der Waals surface area contributed by atoms with Crippen LogP contribution in [0.25, 0.3) is 17.0 Å². The van der Waals surface area contributed by atoms with Crippen molar-refractivity contribution in [3.63, 3.8) is 0 Å². The van der Waals surface area contributed by atoms with Crippen LogP contribution in [0.2, 0.25) is 0 Å². The van der Waals surface area contributed by atoms with Gasteiger partial charge in [0.25, 0.3) is 0 Å². The van der Waals surface area contributed by atoms with Crippen LogP contribution in [0.3, 0.4) is 0 Å². The number of benzene rings is 2. The second-order valence-electron chi connectivity index (χ2n) is 5.94. The summed E-state index contributed by atoms with van der Waals surface area (Å²) in [5.41, 5.74) is 1.94. The zero-order valence-electron chi connectivity index (χ0n) is 14.4. The Labute approximate surface area is 156 Å². The Hall–Kier alpha value is -3.90. The van der Waals surface area contributed by atoms with Gasteiger partial charge in [-0.25, -0.2) is 0 Å². The molecule has 0 atom stereocenters. The minimum absolute atomic E-state index is 0.0783. The molecule has 0 saturated heterocycles. The summed E-state index contributed by atoms with van der Waals surface area (Å²) in [4.78, 5) is 0. The molecule has 0 bridgehead atoms. The van der Waals surface area contributed by atoms with E-state index in [1.807, 2.05) is 60.8 Å². The molecule has 3 aromatic rings. The van der Waals surface area contributed by atoms with Gasteiger partial charge in [0.05, 0.1) is 6.54 Å². The first-order chi connectivity index (χ1) is 13.3. The minimum atomic E-state index is 0.0783. The summed E-state index contributed by atoms with van der Waals surface area (Å²) in [6.07, 6.45) is 3.54. The predicted molar refractivity (Wildman–Crippen MR) is 99.2 cm³/mol. The van der Waals surface area contributed by atoms with Crippen molar-refractivity contribution in [2.24, 2.45) is 0 Å². The molecule has 0 fully saturated rings. The number of nitrogens with zero attached hydrogens (tertiary/aromatic N) is 3. The summed E-state index contributed by atoms with van der Waals surface area (Å²) >= 11 is 0. The average Bonchev–Trinajstić information content (AvgIpc) is 3.31. The van der Waals surface area contributed by atoms with Crippen LogP contribution in [-0.4, -0.2) is 18.0 Å². The van der Waals surface area contributed by atoms with Crippen LogP contribution >= 0.6 is 0 Å². The molecule has 6 nitrogen and oxygen atoms in total. The summed E-state index contributed by atoms with van der Waals surface area (Å²) in [5.74, 6) is 2.12. The summed E-state index contributed by atoms with van der Waals surface area (Å²) in [6, 6.07) is 17.2. The van der Waals surface area contributed by atoms with E-state index in [2.05, 4.69) is 4.57 Å². The maximum atomic E-state index is 9.01. The number of hydrogen-bond acceptors (Lipinski definition) is 5. The molecule has 0 N–H and O–H groups in total. The molecule has 4 rings (SSSR count). The van der Waals surface area contributed by atoms with E-state index in [9.17, 15) is 0 Å². The molecule has 132 valence electrons. The minimum Gasteiger partial charge on any atom is -0.492 e. The summed E-state index contributed by atoms with van der Waals surface area (Å²) in [7, 11) is 0. The molecule has 6 heteroatoms. The SMILES string of the molecule is N#CC(C#N)=Cc1cn(CCOc2ccc3c(c2)OCO3)c2ccccc12. The van der Waals surface area contributed by atoms with E-state index >= 15 is 0 Å². The van der Waals surface area contributed by atoms with Crippen LogP contribution in [0.1, 0.15) is 5.56 Å². The Morgan fingerprint density at radius 3 is 2.78 bits per heavy atom. The Balaban J connectivity index is 1.53. The van der Waals surface area contributed by atoms with Crippen molar-refractivity contribution >= 4 is 17.0 Å². The normalized spacial score (nSPS) is 11.6. The van der Waals surface area contributed by atoms with Crippen molar-refractivity contribution in [3.05, 3.63) is 59.8 Å². The lowest BCUT2D eigenvalue weighted by Crippen LogP contribution is -2.07. The third kappa shape index (κ3) is 3.29. The van der Waals surface area contributed by atoms with E-state index in [-0.39, 0.29) is 12.4 Å². The molecule has 0 spiro atoms. The first kappa shape index (κ1) is 16.6. The maximum absolute atomic E-state index is 9.01. The van der Waals surface area contributed by atoms with Crippen LogP contribution in [0, 0.1) is 22.7 Å². The highest BCUT2D eigenvalue weighted by Crippen LogP contribution is 2.35. The lowest BCUT2D eigenvalue weighted by molar-refractivity contribution is 0.173. The summed E-state index contributed by atoms with van der Waals surface area (Å²) in [5, 5.41) is 19.0. The van der Waals surface area contributed by atoms with Gasteiger partial charge in [0.2, 0.25) is 6.79 Å². The molecule has 2 aromatic carbocycles. The van der Waals surface area contributed by atoms with Gasteiger partial charge >= 0.3 is 0 Å². The Bertz CT molecular complexity index is 1100. The zero-order valence-corrected chi connectivity index (χ0v) is 14.4. The second kappa shape index (κ2) is 7.15. The molecule has 2 heterocycles. The quantitative estimate of drug-likeness (QED) is 0.647. The third-order valence-electron chi connectivity index (χ3n) is 4.31. The van der Waals surface area contributed by atoms with Crippen molar-refractivity contribution in [1.82, 2.24) is 4.57 Å². The zero-order chi connectivity index (χ0) is 18.6. The topological polar surface area (TPSA) is 80.2 Å². The molecule has 1 aromatic heterocycles. The van der Waals surface area contributed by atoms with Crippen LogP contribution < -0.4 is 14.2 Å². The van der Waals surface area contributed by atoms with E-state index in [0.717, 1.165) is 22.2 Å². The predicted octanol–water partition coefficient (Wildman–Crippen LogP) is 3.88. The van der Waals surface area contributed by atoms with Crippen molar-refractivity contribution in [3.8, 4) is 29.4 Å². The molecule has 0 radical (unpaired) electrons. The Kier molecular flexibility index (Phi) is 4.38. The van der Waals surface area contributed by atoms with Crippen molar-refractivity contribution in [2.45, 2.75) is 6.54 Å². The van der Waals surface area contributed by atoms with Gasteiger partial charge in [-0.1, -0.05) is 18.2 Å². The lowest BCUT2D eigenvalue weighted by Gasteiger charge is -2.09. The van der Waals surface area contributed by atoms with Gasteiger partial charge < -0.3 is 18.8 Å². The monoisotopic (exact) mass is 357 g/mol. The lowest BCUT2D eigenvalue weighted by atomic mass is 10.1. The van der Waals surface area contributed by atoms with Gasteiger partial charge in [0.1, 0.15) is 30.1 Å². The van der Waals surface area contributed by atoms with Crippen LogP contribution in [0.5, 0.6) is 17.2 Å². The fourth-order valence-electron chi connectivity index (χ4n) is 3.05. The van der Waals surface area contributed by atoms with Crippen molar-refractivity contribution in [1.29, 1.82) is 10.5 Å². The molecule has 1 aliphatic rings. The molecular weight excluding hydrogens is 342 g/mol. The first-order valence-corrected chi connectivity index (χ1v) is 8.41. The number of fused-ring (bicyclic) bond motifs is 2. The Morgan fingerprint density at radius 1 is 1.11 bits per heavy atom. The second-order valence-corrected chi connectivity index (χ2v) is 5.94. The highest BCUT2D eigenvalue weighted by atomic mass is 16.7. The summed E-state index contributed by atoms with van der Waals surface area (Å²) in [6.45, 7) is 1.32. The largest absolute Gasteiger partial charge is 0.492 e. The standard InChI is InChI=1S/C21H15N3O3/c22-11-15(12-23)9-16-13-24(19-4-2-1-3-18(16)19)7-8-25-17-5-6-20-21(10-17)27-14-26-20/h1-6,9-10,13H,7-8,14H2.